The van der Waals surface area contributed by atoms with Gasteiger partial charge < -0.3 is 10.1 Å². The van der Waals surface area contributed by atoms with E-state index in [0.29, 0.717) is 18.0 Å². The quantitative estimate of drug-likeness (QED) is 0.636. The van der Waals surface area contributed by atoms with E-state index in [1.165, 1.54) is 30.9 Å². The number of nitrogens with one attached hydrogen (secondary N) is 1. The highest BCUT2D eigenvalue weighted by atomic mass is 16.6. The highest BCUT2D eigenvalue weighted by molar-refractivity contribution is 5.94. The Labute approximate surface area is 151 Å². The second kappa shape index (κ2) is 7.97. The van der Waals surface area contributed by atoms with Crippen LogP contribution in [0, 0.1) is 16.0 Å². The Balaban J connectivity index is 1.64. The Morgan fingerprint density at radius 1 is 1.31 bits per heavy atom. The van der Waals surface area contributed by atoms with Crippen molar-refractivity contribution in [3.05, 3.63) is 64.2 Å². The molecule has 1 fully saturated rings. The third kappa shape index (κ3) is 4.18. The molecule has 0 saturated carbocycles. The van der Waals surface area contributed by atoms with Crippen molar-refractivity contribution in [1.29, 1.82) is 0 Å². The summed E-state index contributed by atoms with van der Waals surface area (Å²) in [5, 5.41) is 13.7. The van der Waals surface area contributed by atoms with Crippen molar-refractivity contribution in [3.63, 3.8) is 0 Å². The molecule has 1 saturated heterocycles. The SMILES string of the molecule is COc1ccc([N+](=O)[O-])cc1NC(=O)C1CCN(Cc2ccccc2)C1. The number of nitrogens with zero attached hydrogens (tertiary/aromatic N) is 2. The van der Waals surface area contributed by atoms with E-state index in [-0.39, 0.29) is 17.5 Å². The predicted molar refractivity (Wildman–Crippen MR) is 98.1 cm³/mol. The number of hydrogen-bond donors (Lipinski definition) is 1. The largest absolute Gasteiger partial charge is 0.495 e. The first-order chi connectivity index (χ1) is 12.6. The molecule has 136 valence electrons. The number of anilines is 1. The van der Waals surface area contributed by atoms with Crippen LogP contribution in [0.1, 0.15) is 12.0 Å². The van der Waals surface area contributed by atoms with E-state index in [9.17, 15) is 14.9 Å². The zero-order valence-electron chi connectivity index (χ0n) is 14.6. The summed E-state index contributed by atoms with van der Waals surface area (Å²) in [7, 11) is 1.47. The van der Waals surface area contributed by atoms with Gasteiger partial charge in [0.1, 0.15) is 5.75 Å². The molecule has 0 bridgehead atoms. The number of benzene rings is 2. The van der Waals surface area contributed by atoms with Crippen molar-refractivity contribution in [3.8, 4) is 5.75 Å². The number of non-ortho nitro benzene ring substituents is 1. The molecule has 1 unspecified atom stereocenters. The lowest BCUT2D eigenvalue weighted by Crippen LogP contribution is -2.27. The normalized spacial score (nSPS) is 17.0. The van der Waals surface area contributed by atoms with Crippen LogP contribution in [0.2, 0.25) is 0 Å². The summed E-state index contributed by atoms with van der Waals surface area (Å²) in [5.41, 5.74) is 1.46. The molecule has 0 aromatic heterocycles. The minimum absolute atomic E-state index is 0.0850. The van der Waals surface area contributed by atoms with Crippen molar-refractivity contribution in [2.45, 2.75) is 13.0 Å². The van der Waals surface area contributed by atoms with Crippen molar-refractivity contribution >= 4 is 17.3 Å². The molecule has 1 amide bonds. The Kier molecular flexibility index (Phi) is 5.48. The number of carbonyl (C=O) groups is 1. The smallest absolute Gasteiger partial charge is 0.271 e. The molecular formula is C19H21N3O4. The molecule has 1 N–H and O–H groups in total. The maximum atomic E-state index is 12.6. The van der Waals surface area contributed by atoms with Gasteiger partial charge in [0, 0.05) is 25.2 Å². The molecule has 1 atom stereocenters. The van der Waals surface area contributed by atoms with Gasteiger partial charge in [-0.05, 0) is 24.6 Å². The summed E-state index contributed by atoms with van der Waals surface area (Å²) in [4.78, 5) is 25.3. The van der Waals surface area contributed by atoms with Crippen LogP contribution in [0.25, 0.3) is 0 Å². The van der Waals surface area contributed by atoms with Gasteiger partial charge in [-0.25, -0.2) is 0 Å². The topological polar surface area (TPSA) is 84.7 Å². The second-order valence-corrected chi connectivity index (χ2v) is 6.34. The van der Waals surface area contributed by atoms with Crippen molar-refractivity contribution in [1.82, 2.24) is 4.90 Å². The van der Waals surface area contributed by atoms with Crippen LogP contribution in [0.15, 0.2) is 48.5 Å². The number of hydrogen-bond acceptors (Lipinski definition) is 5. The number of methoxy groups -OCH3 is 1. The minimum atomic E-state index is -0.494. The van der Waals surface area contributed by atoms with E-state index >= 15 is 0 Å². The van der Waals surface area contributed by atoms with Gasteiger partial charge in [-0.1, -0.05) is 30.3 Å². The fourth-order valence-electron chi connectivity index (χ4n) is 3.17. The van der Waals surface area contributed by atoms with Crippen LogP contribution >= 0.6 is 0 Å². The Morgan fingerprint density at radius 3 is 2.77 bits per heavy atom. The van der Waals surface area contributed by atoms with Crippen LogP contribution in [-0.2, 0) is 11.3 Å². The van der Waals surface area contributed by atoms with E-state index in [0.717, 1.165) is 19.5 Å². The van der Waals surface area contributed by atoms with Crippen LogP contribution in [0.3, 0.4) is 0 Å². The lowest BCUT2D eigenvalue weighted by atomic mass is 10.1. The van der Waals surface area contributed by atoms with Gasteiger partial charge in [0.05, 0.1) is 23.6 Å². The lowest BCUT2D eigenvalue weighted by molar-refractivity contribution is -0.384. The number of rotatable bonds is 6. The highest BCUT2D eigenvalue weighted by Gasteiger charge is 2.29. The summed E-state index contributed by atoms with van der Waals surface area (Å²) >= 11 is 0. The van der Waals surface area contributed by atoms with E-state index < -0.39 is 4.92 Å². The molecule has 2 aromatic carbocycles. The Hall–Kier alpha value is -2.93. The molecular weight excluding hydrogens is 334 g/mol. The van der Waals surface area contributed by atoms with Crippen LogP contribution in [0.5, 0.6) is 5.75 Å². The van der Waals surface area contributed by atoms with Crippen molar-refractivity contribution in [2.75, 3.05) is 25.5 Å². The van der Waals surface area contributed by atoms with Crippen molar-refractivity contribution < 1.29 is 14.5 Å². The van der Waals surface area contributed by atoms with E-state index in [4.69, 9.17) is 4.74 Å². The average molecular weight is 355 g/mol. The monoisotopic (exact) mass is 355 g/mol. The first kappa shape index (κ1) is 17.9. The standard InChI is InChI=1S/C19H21N3O4/c1-26-18-8-7-16(22(24)25)11-17(18)20-19(23)15-9-10-21(13-15)12-14-5-3-2-4-6-14/h2-8,11,15H,9-10,12-13H2,1H3,(H,20,23). The molecule has 1 heterocycles. The second-order valence-electron chi connectivity index (χ2n) is 6.34. The molecule has 0 radical (unpaired) electrons. The predicted octanol–water partition coefficient (Wildman–Crippen LogP) is 3.06. The first-order valence-electron chi connectivity index (χ1n) is 8.46. The van der Waals surface area contributed by atoms with Gasteiger partial charge in [-0.15, -0.1) is 0 Å². The molecule has 0 aliphatic carbocycles. The Morgan fingerprint density at radius 2 is 2.08 bits per heavy atom. The van der Waals surface area contributed by atoms with Gasteiger partial charge in [0.25, 0.3) is 5.69 Å². The highest BCUT2D eigenvalue weighted by Crippen LogP contribution is 2.30. The van der Waals surface area contributed by atoms with Gasteiger partial charge in [0.15, 0.2) is 0 Å². The number of likely N-dealkylation sites (tertiary alicyclic amines) is 1. The number of ether oxygens (including phenoxy) is 1. The zero-order chi connectivity index (χ0) is 18.5. The maximum Gasteiger partial charge on any atom is 0.271 e. The molecule has 3 rings (SSSR count). The number of nitro benzene ring substituents is 1. The van der Waals surface area contributed by atoms with Crippen molar-refractivity contribution in [2.24, 2.45) is 5.92 Å². The Bertz CT molecular complexity index is 795. The van der Waals surface area contributed by atoms with E-state index in [2.05, 4.69) is 22.3 Å². The third-order valence-corrected chi connectivity index (χ3v) is 4.54. The molecule has 1 aliphatic rings. The van der Waals surface area contributed by atoms with Gasteiger partial charge in [-0.3, -0.25) is 19.8 Å². The molecule has 0 spiro atoms. The summed E-state index contributed by atoms with van der Waals surface area (Å²) in [6.07, 6.45) is 0.760. The molecule has 1 aliphatic heterocycles. The van der Waals surface area contributed by atoms with E-state index in [1.807, 2.05) is 18.2 Å². The number of amides is 1. The lowest BCUT2D eigenvalue weighted by Gasteiger charge is -2.16. The first-order valence-corrected chi connectivity index (χ1v) is 8.46. The molecule has 7 nitrogen and oxygen atoms in total. The summed E-state index contributed by atoms with van der Waals surface area (Å²) in [6, 6.07) is 14.3. The maximum absolute atomic E-state index is 12.6. The third-order valence-electron chi connectivity index (χ3n) is 4.54. The summed E-state index contributed by atoms with van der Waals surface area (Å²) < 4.78 is 5.20. The van der Waals surface area contributed by atoms with Crippen LogP contribution < -0.4 is 10.1 Å². The van der Waals surface area contributed by atoms with Gasteiger partial charge in [-0.2, -0.15) is 0 Å². The summed E-state index contributed by atoms with van der Waals surface area (Å²) in [5.74, 6) is 0.116. The summed E-state index contributed by atoms with van der Waals surface area (Å²) in [6.45, 7) is 2.32. The van der Waals surface area contributed by atoms with Crippen LogP contribution in [-0.4, -0.2) is 35.9 Å². The fraction of sp³-hybridized carbons (Fsp3) is 0.316. The van der Waals surface area contributed by atoms with E-state index in [1.54, 1.807) is 0 Å². The van der Waals surface area contributed by atoms with Crippen LogP contribution in [0.4, 0.5) is 11.4 Å². The molecule has 7 heteroatoms. The number of carbonyl (C=O) groups excluding carboxylic acids is 1. The molecule has 2 aromatic rings. The zero-order valence-corrected chi connectivity index (χ0v) is 14.6. The minimum Gasteiger partial charge on any atom is -0.495 e. The fourth-order valence-corrected chi connectivity index (χ4v) is 3.17. The van der Waals surface area contributed by atoms with Gasteiger partial charge in [0.2, 0.25) is 5.91 Å². The number of nitro groups is 1. The molecule has 26 heavy (non-hydrogen) atoms. The van der Waals surface area contributed by atoms with Gasteiger partial charge >= 0.3 is 0 Å². The average Bonchev–Trinajstić information content (AvgIpc) is 3.11.